The lowest BCUT2D eigenvalue weighted by Crippen LogP contribution is -2.16. The molecule has 152 valence electrons. The lowest BCUT2D eigenvalue weighted by atomic mass is 9.98. The fourth-order valence-corrected chi connectivity index (χ4v) is 4.88. The van der Waals surface area contributed by atoms with Crippen molar-refractivity contribution in [1.29, 1.82) is 0 Å². The minimum absolute atomic E-state index is 0.121. The predicted molar refractivity (Wildman–Crippen MR) is 128 cm³/mol. The molecule has 1 aliphatic carbocycles. The van der Waals surface area contributed by atoms with E-state index in [9.17, 15) is 4.79 Å². The van der Waals surface area contributed by atoms with E-state index in [1.54, 1.807) is 0 Å². The molecule has 0 bridgehead atoms. The van der Waals surface area contributed by atoms with Crippen molar-refractivity contribution in [3.63, 3.8) is 0 Å². The fourth-order valence-electron chi connectivity index (χ4n) is 3.51. The highest BCUT2D eigenvalue weighted by molar-refractivity contribution is 9.12. The first-order chi connectivity index (χ1) is 14.6. The lowest BCUT2D eigenvalue weighted by molar-refractivity contribution is 0.165. The number of hydrogen-bond acceptors (Lipinski definition) is 3. The van der Waals surface area contributed by atoms with Crippen LogP contribution < -0.4 is 5.32 Å². The first-order valence-electron chi connectivity index (χ1n) is 9.65. The van der Waals surface area contributed by atoms with Gasteiger partial charge in [0.05, 0.1) is 21.9 Å². The molecule has 0 saturated heterocycles. The van der Waals surface area contributed by atoms with Gasteiger partial charge < -0.3 is 4.74 Å². The van der Waals surface area contributed by atoms with E-state index in [0.717, 1.165) is 16.8 Å². The monoisotopic (exact) mass is 526 g/mol. The summed E-state index contributed by atoms with van der Waals surface area (Å²) in [6.45, 7) is 0.572. The van der Waals surface area contributed by atoms with Gasteiger partial charge in [-0.15, -0.1) is 0 Å². The molecule has 0 spiro atoms. The zero-order chi connectivity index (χ0) is 20.9. The molecule has 0 aliphatic heterocycles. The van der Waals surface area contributed by atoms with E-state index in [1.807, 2.05) is 54.6 Å². The molecule has 1 aliphatic rings. The van der Waals surface area contributed by atoms with Crippen LogP contribution in [0.1, 0.15) is 31.9 Å². The van der Waals surface area contributed by atoms with Crippen LogP contribution >= 0.6 is 31.9 Å². The van der Waals surface area contributed by atoms with Gasteiger partial charge in [0.25, 0.3) is 0 Å². The summed E-state index contributed by atoms with van der Waals surface area (Å²) < 4.78 is 5.31. The maximum atomic E-state index is 12.0. The Labute approximate surface area is 192 Å². The number of nitrogens with zero attached hydrogens (tertiary/aromatic N) is 1. The molecular formula is C24H20Br2N2O2. The van der Waals surface area contributed by atoms with Crippen molar-refractivity contribution in [2.45, 2.75) is 9.65 Å². The topological polar surface area (TPSA) is 50.7 Å². The van der Waals surface area contributed by atoms with Crippen LogP contribution in [0.3, 0.4) is 0 Å². The van der Waals surface area contributed by atoms with Crippen LogP contribution in [0.25, 0.3) is 0 Å². The molecule has 3 aromatic carbocycles. The van der Waals surface area contributed by atoms with E-state index < -0.39 is 6.09 Å². The van der Waals surface area contributed by atoms with Crippen molar-refractivity contribution < 1.29 is 9.53 Å². The van der Waals surface area contributed by atoms with E-state index in [2.05, 4.69) is 61.4 Å². The number of amides is 1. The largest absolute Gasteiger partial charge is 0.447 e. The number of carbonyl (C=O) groups excluding carboxylic acids is 1. The summed E-state index contributed by atoms with van der Waals surface area (Å²) in [7, 11) is 0. The Kier molecular flexibility index (Phi) is 6.65. The smallest absolute Gasteiger partial charge is 0.411 e. The quantitative estimate of drug-likeness (QED) is 0.304. The van der Waals surface area contributed by atoms with Crippen molar-refractivity contribution in [2.24, 2.45) is 4.99 Å². The predicted octanol–water partition coefficient (Wildman–Crippen LogP) is 6.66. The minimum atomic E-state index is -0.482. The van der Waals surface area contributed by atoms with Gasteiger partial charge >= 0.3 is 6.09 Å². The number of rotatable bonds is 4. The molecule has 4 rings (SSSR count). The van der Waals surface area contributed by atoms with Crippen LogP contribution in [0.15, 0.2) is 83.9 Å². The molecule has 4 nitrogen and oxygen atoms in total. The molecule has 6 heteroatoms. The van der Waals surface area contributed by atoms with Crippen LogP contribution in [-0.4, -0.2) is 25.0 Å². The number of carbonyl (C=O) groups is 1. The van der Waals surface area contributed by atoms with Crippen molar-refractivity contribution in [3.8, 4) is 0 Å². The van der Waals surface area contributed by atoms with Crippen molar-refractivity contribution in [3.05, 3.63) is 101 Å². The first-order valence-corrected chi connectivity index (χ1v) is 11.5. The Morgan fingerprint density at radius 3 is 1.97 bits per heavy atom. The molecule has 3 aromatic rings. The standard InChI is InChI=1S/C24H20Br2N2O2/c25-21-17-10-4-6-12-19(17)23(20-13-7-5-11-18(20)22(21)26)27-14-15-30-24(29)28-16-8-2-1-3-9-16/h1-13,21-22H,14-15H2,(H,28,29). The highest BCUT2D eigenvalue weighted by Gasteiger charge is 2.30. The molecule has 1 N–H and O–H groups in total. The SMILES string of the molecule is O=C(Nc1ccccc1)OCCN=C1c2ccccc2C(Br)C(Br)c2ccccc21. The molecule has 0 heterocycles. The van der Waals surface area contributed by atoms with Gasteiger partial charge in [-0.1, -0.05) is 98.6 Å². The van der Waals surface area contributed by atoms with Crippen LogP contribution in [0.2, 0.25) is 0 Å². The lowest BCUT2D eigenvalue weighted by Gasteiger charge is -2.16. The van der Waals surface area contributed by atoms with Crippen LogP contribution in [0.4, 0.5) is 10.5 Å². The summed E-state index contributed by atoms with van der Waals surface area (Å²) in [4.78, 5) is 17.1. The molecule has 30 heavy (non-hydrogen) atoms. The Balaban J connectivity index is 1.54. The number of halogens is 2. The normalized spacial score (nSPS) is 17.3. The highest BCUT2D eigenvalue weighted by atomic mass is 79.9. The molecule has 2 unspecified atom stereocenters. The summed E-state index contributed by atoms with van der Waals surface area (Å²) in [5.41, 5.74) is 6.14. The Morgan fingerprint density at radius 2 is 1.37 bits per heavy atom. The Morgan fingerprint density at radius 1 is 0.833 bits per heavy atom. The zero-order valence-electron chi connectivity index (χ0n) is 16.1. The van der Waals surface area contributed by atoms with E-state index in [1.165, 1.54) is 11.1 Å². The second-order valence-corrected chi connectivity index (χ2v) is 8.81. The van der Waals surface area contributed by atoms with Crippen LogP contribution in [0.5, 0.6) is 0 Å². The number of ether oxygens (including phenoxy) is 1. The number of hydrogen-bond donors (Lipinski definition) is 1. The summed E-state index contributed by atoms with van der Waals surface area (Å²) in [6.07, 6.45) is -0.482. The van der Waals surface area contributed by atoms with Gasteiger partial charge in [0.1, 0.15) is 6.61 Å². The molecule has 2 atom stereocenters. The number of anilines is 1. The second kappa shape index (κ2) is 9.58. The van der Waals surface area contributed by atoms with Crippen molar-refractivity contribution in [2.75, 3.05) is 18.5 Å². The average molecular weight is 528 g/mol. The maximum absolute atomic E-state index is 12.0. The Hall–Kier alpha value is -2.44. The maximum Gasteiger partial charge on any atom is 0.411 e. The van der Waals surface area contributed by atoms with Crippen LogP contribution in [0, 0.1) is 0 Å². The fraction of sp³-hybridized carbons (Fsp3) is 0.167. The molecule has 0 radical (unpaired) electrons. The molecular weight excluding hydrogens is 508 g/mol. The summed E-state index contributed by atoms with van der Waals surface area (Å²) in [6, 6.07) is 25.8. The summed E-state index contributed by atoms with van der Waals surface area (Å²) in [5, 5.41) is 2.71. The van der Waals surface area contributed by atoms with Crippen molar-refractivity contribution >= 4 is 49.4 Å². The number of aliphatic imine (C=N–C) groups is 1. The third-order valence-electron chi connectivity index (χ3n) is 4.90. The average Bonchev–Trinajstić information content (AvgIpc) is 2.87. The minimum Gasteiger partial charge on any atom is -0.447 e. The highest BCUT2D eigenvalue weighted by Crippen LogP contribution is 2.47. The van der Waals surface area contributed by atoms with E-state index >= 15 is 0 Å². The number of para-hydroxylation sites is 1. The van der Waals surface area contributed by atoms with E-state index in [4.69, 9.17) is 9.73 Å². The van der Waals surface area contributed by atoms with E-state index in [-0.39, 0.29) is 16.3 Å². The Bertz CT molecular complexity index is 1020. The number of nitrogens with one attached hydrogen (secondary N) is 1. The zero-order valence-corrected chi connectivity index (χ0v) is 19.3. The number of alkyl halides is 2. The van der Waals surface area contributed by atoms with Gasteiger partial charge in [-0.25, -0.2) is 4.79 Å². The molecule has 1 amide bonds. The number of fused-ring (bicyclic) bond motifs is 2. The molecule has 0 saturated carbocycles. The van der Waals surface area contributed by atoms with Crippen LogP contribution in [-0.2, 0) is 4.74 Å². The second-order valence-electron chi connectivity index (χ2n) is 6.84. The van der Waals surface area contributed by atoms with Gasteiger partial charge in [-0.05, 0) is 23.3 Å². The van der Waals surface area contributed by atoms with Gasteiger partial charge in [0.15, 0.2) is 0 Å². The summed E-state index contributed by atoms with van der Waals surface area (Å²) in [5.74, 6) is 0. The number of benzene rings is 3. The van der Waals surface area contributed by atoms with Gasteiger partial charge in [-0.3, -0.25) is 10.3 Å². The van der Waals surface area contributed by atoms with Gasteiger partial charge in [0.2, 0.25) is 0 Å². The molecule has 0 aromatic heterocycles. The van der Waals surface area contributed by atoms with Gasteiger partial charge in [-0.2, -0.15) is 0 Å². The van der Waals surface area contributed by atoms with E-state index in [0.29, 0.717) is 12.2 Å². The summed E-state index contributed by atoms with van der Waals surface area (Å²) >= 11 is 7.71. The first kappa shape index (κ1) is 20.8. The van der Waals surface area contributed by atoms with Crippen molar-refractivity contribution in [1.82, 2.24) is 0 Å². The molecule has 0 fully saturated rings. The van der Waals surface area contributed by atoms with Gasteiger partial charge in [0, 0.05) is 16.8 Å². The third-order valence-corrected chi connectivity index (χ3v) is 7.65. The third kappa shape index (κ3) is 4.50.